The van der Waals surface area contributed by atoms with Crippen molar-refractivity contribution in [2.75, 3.05) is 0 Å². The quantitative estimate of drug-likeness (QED) is 0.831. The number of rotatable bonds is 4. The van der Waals surface area contributed by atoms with Gasteiger partial charge in [0.25, 0.3) is 0 Å². The lowest BCUT2D eigenvalue weighted by Gasteiger charge is -2.17. The summed E-state index contributed by atoms with van der Waals surface area (Å²) >= 11 is 0. The second kappa shape index (κ2) is 5.15. The van der Waals surface area contributed by atoms with E-state index in [1.54, 1.807) is 0 Å². The van der Waals surface area contributed by atoms with Crippen molar-refractivity contribution in [3.8, 4) is 0 Å². The van der Waals surface area contributed by atoms with E-state index in [0.29, 0.717) is 17.4 Å². The fraction of sp³-hybridized carbons (Fsp3) is 0.500. The van der Waals surface area contributed by atoms with Crippen LogP contribution in [-0.4, -0.2) is 5.91 Å². The Morgan fingerprint density at radius 2 is 1.94 bits per heavy atom. The van der Waals surface area contributed by atoms with E-state index in [4.69, 9.17) is 5.73 Å². The van der Waals surface area contributed by atoms with Gasteiger partial charge < -0.3 is 5.73 Å². The van der Waals surface area contributed by atoms with Gasteiger partial charge >= 0.3 is 0 Å². The van der Waals surface area contributed by atoms with Gasteiger partial charge in [-0.2, -0.15) is 0 Å². The number of hydrogen-bond acceptors (Lipinski definition) is 1. The average molecular weight is 219 g/mol. The topological polar surface area (TPSA) is 43.1 Å². The highest BCUT2D eigenvalue weighted by Gasteiger charge is 2.10. The van der Waals surface area contributed by atoms with Crippen molar-refractivity contribution in [2.45, 2.75) is 34.1 Å². The Hall–Kier alpha value is -1.31. The number of carbonyl (C=O) groups excluding carboxylic acids is 1. The molecule has 2 heteroatoms. The molecule has 0 saturated heterocycles. The molecule has 0 aliphatic carbocycles. The van der Waals surface area contributed by atoms with Crippen LogP contribution in [0.1, 0.15) is 42.3 Å². The van der Waals surface area contributed by atoms with Crippen LogP contribution < -0.4 is 5.73 Å². The first kappa shape index (κ1) is 12.8. The zero-order valence-corrected chi connectivity index (χ0v) is 10.6. The Labute approximate surface area is 97.9 Å². The van der Waals surface area contributed by atoms with E-state index in [9.17, 15) is 4.79 Å². The van der Waals surface area contributed by atoms with Crippen LogP contribution in [0.15, 0.2) is 18.2 Å². The molecule has 0 heterocycles. The lowest BCUT2D eigenvalue weighted by Crippen LogP contribution is -2.12. The molecule has 88 valence electrons. The zero-order valence-electron chi connectivity index (χ0n) is 10.6. The fourth-order valence-corrected chi connectivity index (χ4v) is 1.66. The van der Waals surface area contributed by atoms with Crippen molar-refractivity contribution in [1.29, 1.82) is 0 Å². The Kier molecular flexibility index (Phi) is 4.11. The second-order valence-corrected chi connectivity index (χ2v) is 4.93. The van der Waals surface area contributed by atoms with Gasteiger partial charge in [0.2, 0.25) is 5.91 Å². The van der Waals surface area contributed by atoms with Gasteiger partial charge in [0, 0.05) is 5.56 Å². The molecule has 2 N–H and O–H groups in total. The van der Waals surface area contributed by atoms with E-state index in [-0.39, 0.29) is 5.91 Å². The molecule has 0 fully saturated rings. The lowest BCUT2D eigenvalue weighted by molar-refractivity contribution is 0.1000. The Balaban J connectivity index is 2.87. The summed E-state index contributed by atoms with van der Waals surface area (Å²) in [7, 11) is 0. The third-order valence-corrected chi connectivity index (χ3v) is 3.31. The highest BCUT2D eigenvalue weighted by atomic mass is 16.1. The highest BCUT2D eigenvalue weighted by molar-refractivity contribution is 5.93. The SMILES string of the molecule is Cc1cc(C(N)=O)ccc1CC(C)C(C)C. The minimum Gasteiger partial charge on any atom is -0.366 e. The Morgan fingerprint density at radius 3 is 2.38 bits per heavy atom. The van der Waals surface area contributed by atoms with Crippen LogP contribution in [0, 0.1) is 18.8 Å². The van der Waals surface area contributed by atoms with Crippen LogP contribution in [0.2, 0.25) is 0 Å². The molecule has 1 unspecified atom stereocenters. The molecule has 0 aromatic heterocycles. The Bertz CT molecular complexity index is 382. The van der Waals surface area contributed by atoms with Gasteiger partial charge in [-0.3, -0.25) is 4.79 Å². The van der Waals surface area contributed by atoms with Crippen LogP contribution in [0.25, 0.3) is 0 Å². The van der Waals surface area contributed by atoms with Crippen LogP contribution >= 0.6 is 0 Å². The van der Waals surface area contributed by atoms with Gasteiger partial charge in [0.15, 0.2) is 0 Å². The van der Waals surface area contributed by atoms with Crippen LogP contribution in [0.4, 0.5) is 0 Å². The predicted octanol–water partition coefficient (Wildman–Crippen LogP) is 2.93. The summed E-state index contributed by atoms with van der Waals surface area (Å²) in [6.45, 7) is 8.76. The normalized spacial score (nSPS) is 12.8. The third-order valence-electron chi connectivity index (χ3n) is 3.31. The largest absolute Gasteiger partial charge is 0.366 e. The minimum absolute atomic E-state index is 0.355. The summed E-state index contributed by atoms with van der Waals surface area (Å²) in [4.78, 5) is 11.0. The average Bonchev–Trinajstić information content (AvgIpc) is 2.20. The molecule has 16 heavy (non-hydrogen) atoms. The minimum atomic E-state index is -0.355. The van der Waals surface area contributed by atoms with Crippen molar-refractivity contribution in [1.82, 2.24) is 0 Å². The smallest absolute Gasteiger partial charge is 0.248 e. The first-order valence-electron chi connectivity index (χ1n) is 5.81. The number of primary amides is 1. The maximum Gasteiger partial charge on any atom is 0.248 e. The number of benzene rings is 1. The maximum absolute atomic E-state index is 11.0. The molecule has 1 atom stereocenters. The van der Waals surface area contributed by atoms with Gasteiger partial charge in [-0.05, 0) is 48.4 Å². The highest BCUT2D eigenvalue weighted by Crippen LogP contribution is 2.19. The van der Waals surface area contributed by atoms with E-state index >= 15 is 0 Å². The van der Waals surface area contributed by atoms with Crippen molar-refractivity contribution < 1.29 is 4.79 Å². The van der Waals surface area contributed by atoms with Crippen molar-refractivity contribution in [3.05, 3.63) is 34.9 Å². The molecule has 0 saturated carbocycles. The maximum atomic E-state index is 11.0. The van der Waals surface area contributed by atoms with E-state index in [1.165, 1.54) is 5.56 Å². The van der Waals surface area contributed by atoms with Crippen LogP contribution in [0.3, 0.4) is 0 Å². The van der Waals surface area contributed by atoms with Gasteiger partial charge in [-0.1, -0.05) is 26.8 Å². The van der Waals surface area contributed by atoms with E-state index in [0.717, 1.165) is 12.0 Å². The number of nitrogens with two attached hydrogens (primary N) is 1. The predicted molar refractivity (Wildman–Crippen MR) is 67.4 cm³/mol. The van der Waals surface area contributed by atoms with Crippen molar-refractivity contribution in [3.63, 3.8) is 0 Å². The van der Waals surface area contributed by atoms with Gasteiger partial charge in [0.05, 0.1) is 0 Å². The van der Waals surface area contributed by atoms with E-state index < -0.39 is 0 Å². The van der Waals surface area contributed by atoms with E-state index in [1.807, 2.05) is 25.1 Å². The first-order valence-corrected chi connectivity index (χ1v) is 5.81. The molecule has 1 rings (SSSR count). The molecule has 0 radical (unpaired) electrons. The number of amides is 1. The van der Waals surface area contributed by atoms with Crippen LogP contribution in [-0.2, 0) is 6.42 Å². The summed E-state index contributed by atoms with van der Waals surface area (Å²) < 4.78 is 0. The molecule has 2 nitrogen and oxygen atoms in total. The van der Waals surface area contributed by atoms with Crippen molar-refractivity contribution in [2.24, 2.45) is 17.6 Å². The Morgan fingerprint density at radius 1 is 1.31 bits per heavy atom. The first-order chi connectivity index (χ1) is 7.41. The molecule has 1 amide bonds. The van der Waals surface area contributed by atoms with Gasteiger partial charge in [-0.25, -0.2) is 0 Å². The molecular weight excluding hydrogens is 198 g/mol. The summed E-state index contributed by atoms with van der Waals surface area (Å²) in [5, 5.41) is 0. The third kappa shape index (κ3) is 3.09. The van der Waals surface area contributed by atoms with Gasteiger partial charge in [0.1, 0.15) is 0 Å². The molecule has 0 aliphatic heterocycles. The van der Waals surface area contributed by atoms with Gasteiger partial charge in [-0.15, -0.1) is 0 Å². The monoisotopic (exact) mass is 219 g/mol. The molecule has 0 spiro atoms. The summed E-state index contributed by atoms with van der Waals surface area (Å²) in [6, 6.07) is 5.72. The summed E-state index contributed by atoms with van der Waals surface area (Å²) in [6.07, 6.45) is 1.06. The summed E-state index contributed by atoms with van der Waals surface area (Å²) in [5.74, 6) is 0.972. The van der Waals surface area contributed by atoms with Crippen molar-refractivity contribution >= 4 is 5.91 Å². The summed E-state index contributed by atoms with van der Waals surface area (Å²) in [5.41, 5.74) is 8.31. The fourth-order valence-electron chi connectivity index (χ4n) is 1.66. The van der Waals surface area contributed by atoms with E-state index in [2.05, 4.69) is 20.8 Å². The lowest BCUT2D eigenvalue weighted by atomic mass is 9.89. The number of aryl methyl sites for hydroxylation is 1. The second-order valence-electron chi connectivity index (χ2n) is 4.93. The zero-order chi connectivity index (χ0) is 12.3. The number of hydrogen-bond donors (Lipinski definition) is 1. The molecule has 1 aromatic carbocycles. The molecule has 0 aliphatic rings. The molecule has 1 aromatic rings. The van der Waals surface area contributed by atoms with Crippen LogP contribution in [0.5, 0.6) is 0 Å². The molecule has 0 bridgehead atoms. The molecular formula is C14H21NO. The number of carbonyl (C=O) groups is 1. The standard InChI is InChI=1S/C14H21NO/c1-9(2)10(3)7-12-5-6-13(14(15)16)8-11(12)4/h5-6,8-10H,7H2,1-4H3,(H2,15,16).